The number of likely N-dealkylation sites (N-methyl/N-ethyl adjacent to an activating group) is 1. The molecule has 3 N–H and O–H groups in total. The SMILES string of the molecule is CCCCCCC/C=C\C/C=C\C/C=C\CCCCCCCCCCCCCCCCCCCCCCCCCCCCC(=O)NC(COP(=O)(O)OCC[N+](C)(C)C)C(O)CCCCCCCCCCCCCCCCCCCCC. The number of hydrogen-bond donors (Lipinski definition) is 3. The summed E-state index contributed by atoms with van der Waals surface area (Å²) in [4.78, 5) is 23.4. The molecule has 0 aliphatic rings. The summed E-state index contributed by atoms with van der Waals surface area (Å²) in [5.41, 5.74) is 0. The summed E-state index contributed by atoms with van der Waals surface area (Å²) >= 11 is 0. The third-order valence-electron chi connectivity index (χ3n) is 16.9. The number of hydrogen-bond acceptors (Lipinski definition) is 5. The number of carbonyl (C=O) groups excluding carboxylic acids is 1. The van der Waals surface area contributed by atoms with E-state index in [1.54, 1.807) is 0 Å². The van der Waals surface area contributed by atoms with Crippen molar-refractivity contribution in [2.24, 2.45) is 0 Å². The van der Waals surface area contributed by atoms with Crippen LogP contribution in [-0.4, -0.2) is 73.4 Å². The minimum Gasteiger partial charge on any atom is -0.391 e. The van der Waals surface area contributed by atoms with Crippen molar-refractivity contribution >= 4 is 13.7 Å². The fraction of sp³-hybridized carbons (Fsp3) is 0.904. The number of nitrogens with one attached hydrogen (secondary N) is 1. The van der Waals surface area contributed by atoms with Gasteiger partial charge in [0.25, 0.3) is 0 Å². The minimum absolute atomic E-state index is 0.0775. The number of quaternary nitrogens is 1. The lowest BCUT2D eigenvalue weighted by molar-refractivity contribution is -0.870. The number of amides is 1. The molecule has 0 aromatic rings. The number of phosphoric acid groups is 1. The number of allylic oxidation sites excluding steroid dienone is 6. The Morgan fingerprint density at radius 2 is 0.695 bits per heavy atom. The molecule has 0 fully saturated rings. The highest BCUT2D eigenvalue weighted by molar-refractivity contribution is 7.47. The van der Waals surface area contributed by atoms with Gasteiger partial charge in [-0.2, -0.15) is 0 Å². The number of nitrogens with zero attached hydrogens (tertiary/aromatic N) is 1. The molecule has 0 saturated heterocycles. The number of unbranched alkanes of at least 4 members (excludes halogenated alkanes) is 49. The van der Waals surface area contributed by atoms with E-state index in [1.165, 1.54) is 295 Å². The van der Waals surface area contributed by atoms with E-state index in [1.807, 2.05) is 21.1 Å². The summed E-state index contributed by atoms with van der Waals surface area (Å²) in [5, 5.41) is 14.1. The van der Waals surface area contributed by atoms with Gasteiger partial charge in [0, 0.05) is 6.42 Å². The van der Waals surface area contributed by atoms with Gasteiger partial charge in [-0.1, -0.05) is 352 Å². The van der Waals surface area contributed by atoms with Crippen molar-refractivity contribution in [3.05, 3.63) is 36.5 Å². The van der Waals surface area contributed by atoms with E-state index in [2.05, 4.69) is 55.6 Å². The zero-order valence-corrected chi connectivity index (χ0v) is 56.7. The lowest BCUT2D eigenvalue weighted by Gasteiger charge is -2.26. The second-order valence-electron chi connectivity index (χ2n) is 26.3. The molecule has 486 valence electrons. The summed E-state index contributed by atoms with van der Waals surface area (Å²) < 4.78 is 23.9. The van der Waals surface area contributed by atoms with Gasteiger partial charge in [-0.05, 0) is 51.4 Å². The average Bonchev–Trinajstić information content (AvgIpc) is 3.47. The van der Waals surface area contributed by atoms with E-state index in [9.17, 15) is 19.4 Å². The van der Waals surface area contributed by atoms with Crippen LogP contribution >= 0.6 is 7.82 Å². The summed E-state index contributed by atoms with van der Waals surface area (Å²) in [6, 6.07) is -0.759. The van der Waals surface area contributed by atoms with E-state index in [0.717, 1.165) is 51.4 Å². The molecule has 0 rings (SSSR count). The predicted octanol–water partition coefficient (Wildman–Crippen LogP) is 23.2. The Balaban J connectivity index is 3.87. The number of phosphoric ester groups is 1. The van der Waals surface area contributed by atoms with Crippen molar-refractivity contribution in [2.75, 3.05) is 40.9 Å². The third-order valence-corrected chi connectivity index (χ3v) is 17.9. The third kappa shape index (κ3) is 66.2. The first-order valence-electron chi connectivity index (χ1n) is 36.4. The molecule has 3 atom stereocenters. The molecule has 0 aromatic heterocycles. The normalized spacial score (nSPS) is 13.8. The molecule has 8 nitrogen and oxygen atoms in total. The van der Waals surface area contributed by atoms with E-state index in [4.69, 9.17) is 9.05 Å². The molecule has 0 heterocycles. The van der Waals surface area contributed by atoms with Gasteiger partial charge in [0.2, 0.25) is 5.91 Å². The lowest BCUT2D eigenvalue weighted by Crippen LogP contribution is -2.46. The van der Waals surface area contributed by atoms with Crippen LogP contribution in [0, 0.1) is 0 Å². The van der Waals surface area contributed by atoms with Gasteiger partial charge in [0.15, 0.2) is 0 Å². The zero-order chi connectivity index (χ0) is 59.8. The maximum atomic E-state index is 13.1. The maximum Gasteiger partial charge on any atom is 0.472 e. The van der Waals surface area contributed by atoms with E-state index in [-0.39, 0.29) is 19.1 Å². The van der Waals surface area contributed by atoms with Crippen molar-refractivity contribution in [1.29, 1.82) is 0 Å². The first-order chi connectivity index (χ1) is 40.0. The van der Waals surface area contributed by atoms with Crippen molar-refractivity contribution in [1.82, 2.24) is 5.32 Å². The molecule has 0 saturated carbocycles. The van der Waals surface area contributed by atoms with Crippen LogP contribution < -0.4 is 5.32 Å². The fourth-order valence-corrected chi connectivity index (χ4v) is 12.0. The Morgan fingerprint density at radius 1 is 0.415 bits per heavy atom. The molecule has 3 unspecified atom stereocenters. The smallest absolute Gasteiger partial charge is 0.391 e. The molecular formula is C73H144N2O6P+. The van der Waals surface area contributed by atoms with Gasteiger partial charge < -0.3 is 19.8 Å². The van der Waals surface area contributed by atoms with Gasteiger partial charge in [0.1, 0.15) is 13.2 Å². The van der Waals surface area contributed by atoms with Crippen molar-refractivity contribution < 1.29 is 32.9 Å². The molecule has 82 heavy (non-hydrogen) atoms. The van der Waals surface area contributed by atoms with Crippen molar-refractivity contribution in [2.45, 2.75) is 386 Å². The first kappa shape index (κ1) is 80.7. The summed E-state index contributed by atoms with van der Waals surface area (Å²) in [5.74, 6) is -0.136. The van der Waals surface area contributed by atoms with Gasteiger partial charge >= 0.3 is 7.82 Å². The average molecular weight is 1180 g/mol. The highest BCUT2D eigenvalue weighted by Gasteiger charge is 2.28. The molecule has 0 bridgehead atoms. The standard InChI is InChI=1S/C73H143N2O6P/c1-6-8-10-12-14-16-18-20-22-24-26-27-28-29-30-31-32-33-34-35-36-37-38-39-40-41-42-43-44-45-46-47-49-51-53-55-57-59-61-63-65-67-73(77)74-71(70-81-82(78,79)80-69-68-75(3,4)5)72(76)66-64-62-60-58-56-54-52-50-48-25-23-21-19-17-15-13-11-9-7-2/h18,20,24,26,28-29,71-72,76H,6-17,19,21-23,25,27,30-70H2,1-5H3,(H-,74,77,78,79)/p+1/b20-18-,26-24-,29-28-. The zero-order valence-electron chi connectivity index (χ0n) is 55.8. The topological polar surface area (TPSA) is 105 Å². The molecule has 0 aliphatic heterocycles. The first-order valence-corrected chi connectivity index (χ1v) is 37.8. The van der Waals surface area contributed by atoms with Crippen LogP contribution in [0.3, 0.4) is 0 Å². The molecule has 9 heteroatoms. The van der Waals surface area contributed by atoms with Crippen LogP contribution in [0.25, 0.3) is 0 Å². The molecule has 0 radical (unpaired) electrons. The van der Waals surface area contributed by atoms with Gasteiger partial charge in [-0.25, -0.2) is 4.57 Å². The lowest BCUT2D eigenvalue weighted by atomic mass is 10.0. The fourth-order valence-electron chi connectivity index (χ4n) is 11.2. The van der Waals surface area contributed by atoms with Crippen LogP contribution in [0.15, 0.2) is 36.5 Å². The van der Waals surface area contributed by atoms with Crippen molar-refractivity contribution in [3.63, 3.8) is 0 Å². The molecular weight excluding hydrogens is 1030 g/mol. The summed E-state index contributed by atoms with van der Waals surface area (Å²) in [7, 11) is 1.64. The Bertz CT molecular complexity index is 1430. The minimum atomic E-state index is -4.33. The molecule has 0 aliphatic carbocycles. The number of rotatable bonds is 68. The van der Waals surface area contributed by atoms with E-state index >= 15 is 0 Å². The maximum absolute atomic E-state index is 13.1. The van der Waals surface area contributed by atoms with Crippen LogP contribution in [0.4, 0.5) is 0 Å². The Kier molecular flexibility index (Phi) is 63.2. The molecule has 0 aromatic carbocycles. The molecule has 1 amide bonds. The number of aliphatic hydroxyl groups is 1. The number of aliphatic hydroxyl groups excluding tert-OH is 1. The van der Waals surface area contributed by atoms with Crippen LogP contribution in [0.5, 0.6) is 0 Å². The Labute approximate surface area is 512 Å². The highest BCUT2D eigenvalue weighted by atomic mass is 31.2. The van der Waals surface area contributed by atoms with Crippen molar-refractivity contribution in [3.8, 4) is 0 Å². The Hall–Kier alpha value is -1.28. The van der Waals surface area contributed by atoms with E-state index in [0.29, 0.717) is 23.9 Å². The van der Waals surface area contributed by atoms with Crippen LogP contribution in [0.2, 0.25) is 0 Å². The van der Waals surface area contributed by atoms with Crippen LogP contribution in [0.1, 0.15) is 373 Å². The van der Waals surface area contributed by atoms with Gasteiger partial charge in [-0.3, -0.25) is 13.8 Å². The largest absolute Gasteiger partial charge is 0.472 e. The second-order valence-corrected chi connectivity index (χ2v) is 27.8. The van der Waals surface area contributed by atoms with Gasteiger partial charge in [0.05, 0.1) is 39.9 Å². The van der Waals surface area contributed by atoms with Gasteiger partial charge in [-0.15, -0.1) is 0 Å². The summed E-state index contributed by atoms with van der Waals surface area (Å²) in [6.45, 7) is 4.93. The quantitative estimate of drug-likeness (QED) is 0.0243. The Morgan fingerprint density at radius 3 is 1.01 bits per heavy atom. The number of carbonyl (C=O) groups is 1. The highest BCUT2D eigenvalue weighted by Crippen LogP contribution is 2.43. The molecule has 0 spiro atoms. The van der Waals surface area contributed by atoms with Crippen LogP contribution in [-0.2, 0) is 18.4 Å². The summed E-state index contributed by atoms with van der Waals surface area (Å²) in [6.07, 6.45) is 85.5. The van der Waals surface area contributed by atoms with E-state index < -0.39 is 20.0 Å². The second kappa shape index (κ2) is 64.2. The monoisotopic (exact) mass is 1180 g/mol. The predicted molar refractivity (Wildman–Crippen MR) is 360 cm³/mol.